The number of nitrogens with one attached hydrogen (secondary N) is 1. The van der Waals surface area contributed by atoms with E-state index in [1.165, 1.54) is 29.3 Å². The number of aryl methyl sites for hydroxylation is 2. The average Bonchev–Trinajstić information content (AvgIpc) is 2.69. The van der Waals surface area contributed by atoms with Crippen LogP contribution in [0.25, 0.3) is 10.9 Å². The molecule has 2 heterocycles. The van der Waals surface area contributed by atoms with Crippen molar-refractivity contribution in [2.75, 3.05) is 13.1 Å². The molecule has 0 bridgehead atoms. The first-order valence-corrected chi connectivity index (χ1v) is 6.42. The van der Waals surface area contributed by atoms with Gasteiger partial charge in [0.05, 0.1) is 17.3 Å². The molecule has 1 aliphatic heterocycles. The second-order valence-corrected chi connectivity index (χ2v) is 4.98. The first-order valence-electron chi connectivity index (χ1n) is 6.42. The quantitative estimate of drug-likeness (QED) is 0.814. The lowest BCUT2D eigenvalue weighted by molar-refractivity contribution is 0.350. The van der Waals surface area contributed by atoms with Crippen molar-refractivity contribution < 1.29 is 0 Å². The molecular formula is C14H19N3. The van der Waals surface area contributed by atoms with E-state index < -0.39 is 0 Å². The summed E-state index contributed by atoms with van der Waals surface area (Å²) in [4.78, 5) is 0. The zero-order valence-corrected chi connectivity index (χ0v) is 10.5. The summed E-state index contributed by atoms with van der Waals surface area (Å²) in [5.41, 5.74) is 3.80. The van der Waals surface area contributed by atoms with Crippen LogP contribution in [0.4, 0.5) is 0 Å². The van der Waals surface area contributed by atoms with Crippen LogP contribution in [-0.2, 0) is 0 Å². The Labute approximate surface area is 102 Å². The molecular weight excluding hydrogens is 210 g/mol. The maximum absolute atomic E-state index is 4.76. The predicted molar refractivity (Wildman–Crippen MR) is 70.3 cm³/mol. The molecule has 3 rings (SSSR count). The Morgan fingerprint density at radius 2 is 2.00 bits per heavy atom. The van der Waals surface area contributed by atoms with E-state index in [1.807, 2.05) is 0 Å². The van der Waals surface area contributed by atoms with E-state index in [2.05, 4.69) is 42.0 Å². The maximum atomic E-state index is 4.76. The summed E-state index contributed by atoms with van der Waals surface area (Å²) in [6.07, 6.45) is 2.37. The summed E-state index contributed by atoms with van der Waals surface area (Å²) in [5, 5.41) is 9.51. The van der Waals surface area contributed by atoms with Gasteiger partial charge in [-0.2, -0.15) is 5.10 Å². The number of hydrogen-bond donors (Lipinski definition) is 1. The molecule has 1 aromatic heterocycles. The minimum Gasteiger partial charge on any atom is -0.317 e. The van der Waals surface area contributed by atoms with Crippen molar-refractivity contribution in [2.45, 2.75) is 32.7 Å². The lowest BCUT2D eigenvalue weighted by atomic mass is 10.1. The summed E-state index contributed by atoms with van der Waals surface area (Å²) >= 11 is 0. The molecule has 0 aliphatic carbocycles. The third-order valence-corrected chi connectivity index (χ3v) is 3.77. The molecule has 0 radical (unpaired) electrons. The molecule has 0 unspecified atom stereocenters. The van der Waals surface area contributed by atoms with Gasteiger partial charge in [-0.15, -0.1) is 0 Å². The molecule has 1 saturated heterocycles. The van der Waals surface area contributed by atoms with E-state index in [9.17, 15) is 0 Å². The van der Waals surface area contributed by atoms with Crippen LogP contribution in [0.15, 0.2) is 18.2 Å². The zero-order chi connectivity index (χ0) is 11.8. The molecule has 0 amide bonds. The zero-order valence-electron chi connectivity index (χ0n) is 10.5. The van der Waals surface area contributed by atoms with Crippen molar-refractivity contribution in [1.82, 2.24) is 15.1 Å². The van der Waals surface area contributed by atoms with E-state index in [-0.39, 0.29) is 0 Å². The molecule has 2 aromatic rings. The van der Waals surface area contributed by atoms with Crippen LogP contribution in [0.3, 0.4) is 0 Å². The second-order valence-electron chi connectivity index (χ2n) is 4.98. The molecule has 1 aliphatic rings. The maximum Gasteiger partial charge on any atom is 0.0691 e. The van der Waals surface area contributed by atoms with Gasteiger partial charge in [-0.05, 0) is 51.4 Å². The molecule has 17 heavy (non-hydrogen) atoms. The monoisotopic (exact) mass is 229 g/mol. The number of aromatic nitrogens is 2. The Morgan fingerprint density at radius 3 is 2.76 bits per heavy atom. The first-order chi connectivity index (χ1) is 8.27. The van der Waals surface area contributed by atoms with Crippen LogP contribution < -0.4 is 5.32 Å². The van der Waals surface area contributed by atoms with Gasteiger partial charge >= 0.3 is 0 Å². The van der Waals surface area contributed by atoms with Gasteiger partial charge in [0.1, 0.15) is 0 Å². The molecule has 90 valence electrons. The van der Waals surface area contributed by atoms with Crippen LogP contribution in [-0.4, -0.2) is 22.9 Å². The van der Waals surface area contributed by atoms with E-state index in [1.54, 1.807) is 0 Å². The lowest BCUT2D eigenvalue weighted by Crippen LogP contribution is -2.29. The van der Waals surface area contributed by atoms with Crippen molar-refractivity contribution in [3.05, 3.63) is 29.5 Å². The van der Waals surface area contributed by atoms with Crippen molar-refractivity contribution in [2.24, 2.45) is 0 Å². The highest BCUT2D eigenvalue weighted by molar-refractivity contribution is 5.85. The molecule has 1 N–H and O–H groups in total. The summed E-state index contributed by atoms with van der Waals surface area (Å²) in [6.45, 7) is 6.50. The number of piperidine rings is 1. The number of fused-ring (bicyclic) bond motifs is 1. The lowest BCUT2D eigenvalue weighted by Gasteiger charge is -2.23. The van der Waals surface area contributed by atoms with Gasteiger partial charge in [-0.3, -0.25) is 4.68 Å². The highest BCUT2D eigenvalue weighted by atomic mass is 15.3. The summed E-state index contributed by atoms with van der Waals surface area (Å²) in [6, 6.07) is 7.07. The minimum absolute atomic E-state index is 0.564. The average molecular weight is 229 g/mol. The fraction of sp³-hybridized carbons (Fsp3) is 0.500. The van der Waals surface area contributed by atoms with Gasteiger partial charge in [0, 0.05) is 5.39 Å². The largest absolute Gasteiger partial charge is 0.317 e. The molecule has 0 spiro atoms. The SMILES string of the molecule is Cc1cccc2c1c(C)nn2C1CCNCC1. The molecule has 0 saturated carbocycles. The van der Waals surface area contributed by atoms with Gasteiger partial charge < -0.3 is 5.32 Å². The number of nitrogens with zero attached hydrogens (tertiary/aromatic N) is 2. The molecule has 1 fully saturated rings. The van der Waals surface area contributed by atoms with E-state index in [0.29, 0.717) is 6.04 Å². The Morgan fingerprint density at radius 1 is 1.24 bits per heavy atom. The topological polar surface area (TPSA) is 29.9 Å². The van der Waals surface area contributed by atoms with E-state index in [4.69, 9.17) is 5.10 Å². The van der Waals surface area contributed by atoms with Gasteiger partial charge in [-0.1, -0.05) is 12.1 Å². The molecule has 3 heteroatoms. The van der Waals surface area contributed by atoms with Gasteiger partial charge in [0.2, 0.25) is 0 Å². The highest BCUT2D eigenvalue weighted by Gasteiger charge is 2.19. The van der Waals surface area contributed by atoms with Gasteiger partial charge in [0.25, 0.3) is 0 Å². The fourth-order valence-electron chi connectivity index (χ4n) is 2.91. The van der Waals surface area contributed by atoms with Crippen LogP contribution in [0.1, 0.15) is 30.1 Å². The molecule has 0 atom stereocenters. The van der Waals surface area contributed by atoms with Gasteiger partial charge in [0.15, 0.2) is 0 Å². The number of benzene rings is 1. The third-order valence-electron chi connectivity index (χ3n) is 3.77. The standard InChI is InChI=1S/C14H19N3/c1-10-4-3-5-13-14(10)11(2)16-17(13)12-6-8-15-9-7-12/h3-5,12,15H,6-9H2,1-2H3. The predicted octanol–water partition coefficient (Wildman–Crippen LogP) is 2.58. The van der Waals surface area contributed by atoms with Crippen LogP contribution in [0, 0.1) is 13.8 Å². The van der Waals surface area contributed by atoms with Crippen molar-refractivity contribution in [3.8, 4) is 0 Å². The Bertz CT molecular complexity index is 536. The second kappa shape index (κ2) is 4.15. The van der Waals surface area contributed by atoms with Gasteiger partial charge in [-0.25, -0.2) is 0 Å². The fourth-order valence-corrected chi connectivity index (χ4v) is 2.91. The van der Waals surface area contributed by atoms with Crippen molar-refractivity contribution >= 4 is 10.9 Å². The number of rotatable bonds is 1. The van der Waals surface area contributed by atoms with Crippen molar-refractivity contribution in [1.29, 1.82) is 0 Å². The highest BCUT2D eigenvalue weighted by Crippen LogP contribution is 2.27. The summed E-state index contributed by atoms with van der Waals surface area (Å²) in [7, 11) is 0. The third kappa shape index (κ3) is 1.75. The van der Waals surface area contributed by atoms with E-state index in [0.717, 1.165) is 18.8 Å². The Balaban J connectivity index is 2.13. The molecule has 1 aromatic carbocycles. The van der Waals surface area contributed by atoms with Crippen LogP contribution in [0.5, 0.6) is 0 Å². The molecule has 3 nitrogen and oxygen atoms in total. The summed E-state index contributed by atoms with van der Waals surface area (Å²) < 4.78 is 2.25. The number of hydrogen-bond acceptors (Lipinski definition) is 2. The Hall–Kier alpha value is -1.35. The van der Waals surface area contributed by atoms with Crippen LogP contribution in [0.2, 0.25) is 0 Å². The van der Waals surface area contributed by atoms with Crippen molar-refractivity contribution in [3.63, 3.8) is 0 Å². The smallest absolute Gasteiger partial charge is 0.0691 e. The normalized spacial score (nSPS) is 17.8. The minimum atomic E-state index is 0.564. The Kier molecular flexibility index (Phi) is 2.63. The summed E-state index contributed by atoms with van der Waals surface area (Å²) in [5.74, 6) is 0. The first kappa shape index (κ1) is 10.8. The van der Waals surface area contributed by atoms with E-state index >= 15 is 0 Å². The van der Waals surface area contributed by atoms with Crippen LogP contribution >= 0.6 is 0 Å².